The van der Waals surface area contributed by atoms with E-state index < -0.39 is 5.09 Å². The maximum atomic E-state index is 8.36. The van der Waals surface area contributed by atoms with Gasteiger partial charge in [0.05, 0.1) is 0 Å². The fourth-order valence-electron chi connectivity index (χ4n) is 0. The molecule has 0 aromatic rings. The van der Waals surface area contributed by atoms with Crippen molar-refractivity contribution in [2.75, 3.05) is 0 Å². The van der Waals surface area contributed by atoms with Crippen LogP contribution in [0.5, 0.6) is 0 Å². The predicted molar refractivity (Wildman–Crippen MR) is 89.8 cm³/mol. The van der Waals surface area contributed by atoms with E-state index in [4.69, 9.17) is 15.3 Å². The molecule has 0 saturated heterocycles. The molecule has 0 bridgehead atoms. The molecule has 0 aliphatic carbocycles. The maximum absolute atomic E-state index is 8.36. The van der Waals surface area contributed by atoms with Gasteiger partial charge in [-0.15, -0.1) is 10.1 Å². The first-order valence-corrected chi connectivity index (χ1v) is 0.565. The van der Waals surface area contributed by atoms with Gasteiger partial charge in [-0.3, -0.25) is 0 Å². The minimum atomic E-state index is -1.50. The minimum Gasteiger partial charge on any atom is -1.00 e. The summed E-state index contributed by atoms with van der Waals surface area (Å²) in [5, 5.41) is 13.6. The molecule has 0 unspecified atom stereocenters. The molecule has 0 saturated carbocycles. The number of nitrogens with zero attached hydrogens (tertiary/aromatic N) is 1. The molecule has 0 aliphatic rings. The fraction of sp³-hybridized carbons (Fsp3) is 0. The van der Waals surface area contributed by atoms with Crippen LogP contribution >= 0.6 is 0 Å². The Morgan fingerprint density at radius 1 is 0.600 bits per heavy atom. The van der Waals surface area contributed by atoms with Crippen molar-refractivity contribution < 1.29 is 79.3 Å². The van der Waals surface area contributed by atoms with Crippen molar-refractivity contribution in [2.45, 2.75) is 0 Å². The standard InChI is InChI=1S/5Ca.HNO3.H3N.10H2O.10H/c;;;;;2-1(3)4;;;;;;;;;;;;;;;;;;;;;/h;;;;;(H,2,3,4);1H3;10*1H2;;;;;;;;;;/q5*+2;;;;;;;;;;;;;10*-1. The topological polar surface area (TPSA) is 413 Å². The van der Waals surface area contributed by atoms with E-state index in [0.717, 1.165) is 0 Å². The number of hydrogen-bond acceptors (Lipinski definition) is 3. The van der Waals surface area contributed by atoms with Crippen molar-refractivity contribution in [3.8, 4) is 0 Å². The third-order valence-electron chi connectivity index (χ3n) is 0. The average molecular weight is 471 g/mol. The Morgan fingerprint density at radius 2 is 0.600 bits per heavy atom. The van der Waals surface area contributed by atoms with Gasteiger partial charge < -0.3 is 80.4 Å². The zero-order chi connectivity index (χ0) is 3.58. The monoisotopic (exact) mass is 470 g/mol. The van der Waals surface area contributed by atoms with E-state index in [9.17, 15) is 0 Å². The third kappa shape index (κ3) is 438. The first kappa shape index (κ1) is 223. The molecule has 20 heteroatoms. The summed E-state index contributed by atoms with van der Waals surface area (Å²) in [5.74, 6) is 0. The summed E-state index contributed by atoms with van der Waals surface area (Å²) in [6.07, 6.45) is 0. The van der Waals surface area contributed by atoms with Crippen LogP contribution in [0.15, 0.2) is 0 Å². The molecule has 0 rings (SSSR count). The predicted octanol–water partition coefficient (Wildman–Crippen LogP) is -9.21. The van der Waals surface area contributed by atoms with Gasteiger partial charge in [-0.25, -0.2) is 0 Å². The molecule has 24 N–H and O–H groups in total. The normalized spacial score (nSPS) is 1.20. The van der Waals surface area contributed by atoms with E-state index >= 15 is 0 Å². The van der Waals surface area contributed by atoms with Crippen LogP contribution < -0.4 is 6.15 Å². The zero-order valence-electron chi connectivity index (χ0n) is 21.0. The van der Waals surface area contributed by atoms with E-state index in [-0.39, 0.29) is 264 Å². The molecule has 0 aromatic carbocycles. The Labute approximate surface area is 278 Å². The Morgan fingerprint density at radius 3 is 0.600 bits per heavy atom. The van der Waals surface area contributed by atoms with Crippen molar-refractivity contribution in [2.24, 2.45) is 0 Å². The Hall–Kier alpha value is 5.06. The maximum Gasteiger partial charge on any atom is 2.00 e. The molecule has 0 heterocycles. The van der Waals surface area contributed by atoms with Gasteiger partial charge in [0, 0.05) is 0 Å². The Kier molecular flexibility index (Phi) is 2200. The van der Waals surface area contributed by atoms with Crippen molar-refractivity contribution in [1.29, 1.82) is 0 Å². The molecule has 15 nitrogen and oxygen atoms in total. The van der Waals surface area contributed by atoms with Crippen LogP contribution in [-0.4, -0.2) is 254 Å². The molecule has 0 amide bonds. The number of hydrogen-bond donors (Lipinski definition) is 2. The van der Waals surface area contributed by atoms with Crippen LogP contribution in [0, 0.1) is 10.1 Å². The van der Waals surface area contributed by atoms with Gasteiger partial charge in [0.1, 0.15) is 0 Å². The third-order valence-corrected chi connectivity index (χ3v) is 0. The van der Waals surface area contributed by atoms with Gasteiger partial charge in [-0.05, 0) is 0 Å². The van der Waals surface area contributed by atoms with E-state index in [2.05, 4.69) is 0 Å². The van der Waals surface area contributed by atoms with Crippen LogP contribution in [-0.2, 0) is 0 Å². The quantitative estimate of drug-likeness (QED) is 0.197. The largest absolute Gasteiger partial charge is 2.00 e. The first-order valence-electron chi connectivity index (χ1n) is 0.565. The Bertz CT molecular complexity index is 75.3. The summed E-state index contributed by atoms with van der Waals surface area (Å²) in [7, 11) is 0. The molecular weight excluding hydrogens is 436 g/mol. The molecule has 20 heavy (non-hydrogen) atoms. The molecular formula is H34Ca5N2O13. The molecule has 0 aliphatic heterocycles. The number of rotatable bonds is 0. The van der Waals surface area contributed by atoms with Crippen LogP contribution in [0.4, 0.5) is 0 Å². The van der Waals surface area contributed by atoms with Crippen LogP contribution in [0.1, 0.15) is 14.3 Å². The van der Waals surface area contributed by atoms with Crippen LogP contribution in [0.3, 0.4) is 0 Å². The van der Waals surface area contributed by atoms with Gasteiger partial charge in [-0.2, -0.15) is 0 Å². The Balaban J connectivity index is -0.000000000138. The SMILES string of the molecule is N.O.O.O.O.O.O.O.O.O.O.O=[N+]([O-])O.[Ca+2].[Ca+2].[Ca+2].[Ca+2].[Ca+2].[H-].[H-].[H-].[H-].[H-].[H-].[H-].[H-].[H-].[H-]. The van der Waals surface area contributed by atoms with Crippen molar-refractivity contribution in [3.05, 3.63) is 10.1 Å². The fourth-order valence-corrected chi connectivity index (χ4v) is 0. The average Bonchev–Trinajstić information content (AvgIpc) is 0.811. The molecule has 0 atom stereocenters. The summed E-state index contributed by atoms with van der Waals surface area (Å²) in [4.78, 5) is 8.36. The van der Waals surface area contributed by atoms with Gasteiger partial charge in [-0.1, -0.05) is 0 Å². The van der Waals surface area contributed by atoms with E-state index in [1.807, 2.05) is 0 Å². The molecule has 0 radical (unpaired) electrons. The second kappa shape index (κ2) is 197. The van der Waals surface area contributed by atoms with E-state index in [1.165, 1.54) is 0 Å². The van der Waals surface area contributed by atoms with Crippen molar-refractivity contribution in [1.82, 2.24) is 6.15 Å². The second-order valence-electron chi connectivity index (χ2n) is 0.238. The summed E-state index contributed by atoms with van der Waals surface area (Å²) in [6, 6.07) is 0. The molecule has 0 spiro atoms. The molecule has 132 valence electrons. The van der Waals surface area contributed by atoms with Gasteiger partial charge in [0.15, 0.2) is 0 Å². The van der Waals surface area contributed by atoms with Gasteiger partial charge >= 0.3 is 189 Å². The summed E-state index contributed by atoms with van der Waals surface area (Å²) in [5.41, 5.74) is 0. The molecule has 0 aromatic heterocycles. The summed E-state index contributed by atoms with van der Waals surface area (Å²) in [6.45, 7) is 0. The smallest absolute Gasteiger partial charge is 1.00 e. The van der Waals surface area contributed by atoms with Crippen LogP contribution in [0.25, 0.3) is 0 Å². The van der Waals surface area contributed by atoms with E-state index in [0.29, 0.717) is 0 Å². The first-order chi connectivity index (χ1) is 1.73. The summed E-state index contributed by atoms with van der Waals surface area (Å²) >= 11 is 0. The van der Waals surface area contributed by atoms with Crippen molar-refractivity contribution in [3.63, 3.8) is 0 Å². The van der Waals surface area contributed by atoms with Gasteiger partial charge in [0.2, 0.25) is 0 Å². The second-order valence-corrected chi connectivity index (χ2v) is 0.238. The van der Waals surface area contributed by atoms with Gasteiger partial charge in [0.25, 0.3) is 5.09 Å². The minimum absolute atomic E-state index is 0. The van der Waals surface area contributed by atoms with E-state index in [1.54, 1.807) is 0 Å². The van der Waals surface area contributed by atoms with Crippen LogP contribution in [0.2, 0.25) is 0 Å². The van der Waals surface area contributed by atoms with Crippen molar-refractivity contribution >= 4 is 189 Å². The summed E-state index contributed by atoms with van der Waals surface area (Å²) < 4.78 is 0. The molecule has 0 fully saturated rings. The zero-order valence-corrected chi connectivity index (χ0v) is 22.0.